The van der Waals surface area contributed by atoms with Crippen molar-refractivity contribution in [1.82, 2.24) is 4.90 Å². The summed E-state index contributed by atoms with van der Waals surface area (Å²) >= 11 is 5.91. The Balaban J connectivity index is 2.31. The molecular formula is C14H16ClNO3. The van der Waals surface area contributed by atoms with Crippen LogP contribution in [-0.2, 0) is 4.79 Å². The highest BCUT2D eigenvalue weighted by Crippen LogP contribution is 2.23. The fraction of sp³-hybridized carbons (Fsp3) is 0.429. The van der Waals surface area contributed by atoms with Gasteiger partial charge in [0, 0.05) is 17.1 Å². The number of carbonyl (C=O) groups is 2. The number of carboxylic acids is 1. The van der Waals surface area contributed by atoms with Crippen LogP contribution in [0.1, 0.15) is 35.2 Å². The van der Waals surface area contributed by atoms with Crippen LogP contribution in [0, 0.1) is 6.92 Å². The third-order valence-electron chi connectivity index (χ3n) is 3.48. The summed E-state index contributed by atoms with van der Waals surface area (Å²) in [6.07, 6.45) is 2.20. The van der Waals surface area contributed by atoms with Crippen molar-refractivity contribution in [3.63, 3.8) is 0 Å². The van der Waals surface area contributed by atoms with E-state index < -0.39 is 12.0 Å². The average Bonchev–Trinajstić information content (AvgIpc) is 2.40. The average molecular weight is 282 g/mol. The van der Waals surface area contributed by atoms with Crippen LogP contribution in [0.4, 0.5) is 0 Å². The number of carbonyl (C=O) groups excluding carboxylic acids is 1. The minimum absolute atomic E-state index is 0.243. The zero-order valence-electron chi connectivity index (χ0n) is 10.7. The highest BCUT2D eigenvalue weighted by Gasteiger charge is 2.32. The largest absolute Gasteiger partial charge is 0.480 e. The fourth-order valence-corrected chi connectivity index (χ4v) is 2.58. The van der Waals surface area contributed by atoms with Gasteiger partial charge in [-0.05, 0) is 43.9 Å². The Morgan fingerprint density at radius 2 is 2.11 bits per heavy atom. The van der Waals surface area contributed by atoms with Crippen LogP contribution in [0.25, 0.3) is 0 Å². The predicted molar refractivity (Wildman–Crippen MR) is 72.5 cm³/mol. The first-order valence-corrected chi connectivity index (χ1v) is 6.68. The van der Waals surface area contributed by atoms with E-state index in [0.717, 1.165) is 18.4 Å². The number of rotatable bonds is 2. The number of nitrogens with zero attached hydrogens (tertiary/aromatic N) is 1. The highest BCUT2D eigenvalue weighted by molar-refractivity contribution is 6.31. The van der Waals surface area contributed by atoms with Crippen LogP contribution in [-0.4, -0.2) is 34.5 Å². The van der Waals surface area contributed by atoms with Gasteiger partial charge in [0.2, 0.25) is 0 Å². The Labute approximate surface area is 117 Å². The van der Waals surface area contributed by atoms with Crippen LogP contribution in [0.15, 0.2) is 18.2 Å². The fourth-order valence-electron chi connectivity index (χ4n) is 2.41. The number of aryl methyl sites for hydroxylation is 1. The number of likely N-dealkylation sites (tertiary alicyclic amines) is 1. The Morgan fingerprint density at radius 1 is 1.37 bits per heavy atom. The molecule has 1 heterocycles. The third kappa shape index (κ3) is 2.89. The quantitative estimate of drug-likeness (QED) is 0.907. The van der Waals surface area contributed by atoms with Gasteiger partial charge >= 0.3 is 5.97 Å². The van der Waals surface area contributed by atoms with Crippen LogP contribution in [0.2, 0.25) is 5.02 Å². The van der Waals surface area contributed by atoms with Crippen molar-refractivity contribution in [2.75, 3.05) is 6.54 Å². The van der Waals surface area contributed by atoms with Crippen LogP contribution in [0.3, 0.4) is 0 Å². The Kier molecular flexibility index (Phi) is 4.10. The van der Waals surface area contributed by atoms with Gasteiger partial charge in [-0.1, -0.05) is 17.7 Å². The molecule has 0 spiro atoms. The van der Waals surface area contributed by atoms with Gasteiger partial charge in [-0.25, -0.2) is 4.79 Å². The maximum absolute atomic E-state index is 12.5. The van der Waals surface area contributed by atoms with Gasteiger partial charge in [0.15, 0.2) is 0 Å². The molecule has 1 aromatic carbocycles. The van der Waals surface area contributed by atoms with Crippen LogP contribution >= 0.6 is 11.6 Å². The summed E-state index contributed by atoms with van der Waals surface area (Å²) < 4.78 is 0. The lowest BCUT2D eigenvalue weighted by molar-refractivity contribution is -0.143. The van der Waals surface area contributed by atoms with E-state index in [2.05, 4.69) is 0 Å². The number of piperidine rings is 1. The van der Waals surface area contributed by atoms with E-state index in [0.29, 0.717) is 23.6 Å². The summed E-state index contributed by atoms with van der Waals surface area (Å²) in [5.74, 6) is -1.18. The molecule has 1 atom stereocenters. The SMILES string of the molecule is Cc1ccc(Cl)cc1C(=O)N1CCCC[C@H]1C(=O)O. The van der Waals surface area contributed by atoms with Gasteiger partial charge in [-0.2, -0.15) is 0 Å². The van der Waals surface area contributed by atoms with E-state index in [1.165, 1.54) is 4.90 Å². The molecule has 5 heteroatoms. The van der Waals surface area contributed by atoms with Crippen LogP contribution < -0.4 is 0 Å². The minimum Gasteiger partial charge on any atom is -0.480 e. The molecule has 1 aliphatic heterocycles. The molecule has 1 fully saturated rings. The molecule has 0 saturated carbocycles. The molecule has 4 nitrogen and oxygen atoms in total. The second kappa shape index (κ2) is 5.61. The van der Waals surface area contributed by atoms with Crippen molar-refractivity contribution in [1.29, 1.82) is 0 Å². The lowest BCUT2D eigenvalue weighted by Crippen LogP contribution is -2.48. The minimum atomic E-state index is -0.937. The monoisotopic (exact) mass is 281 g/mol. The predicted octanol–water partition coefficient (Wildman–Crippen LogP) is 2.73. The van der Waals surface area contributed by atoms with Crippen molar-refractivity contribution in [2.24, 2.45) is 0 Å². The molecule has 1 saturated heterocycles. The Bertz CT molecular complexity index is 515. The standard InChI is InChI=1S/C14H16ClNO3/c1-9-5-6-10(15)8-11(9)13(17)16-7-3-2-4-12(16)14(18)19/h5-6,8,12H,2-4,7H2,1H3,(H,18,19)/t12-/m0/s1. The van der Waals surface area contributed by atoms with Crippen molar-refractivity contribution >= 4 is 23.5 Å². The number of carboxylic acid groups (broad SMARTS) is 1. The highest BCUT2D eigenvalue weighted by atomic mass is 35.5. The number of benzene rings is 1. The van der Waals surface area contributed by atoms with E-state index in [9.17, 15) is 14.7 Å². The molecular weight excluding hydrogens is 266 g/mol. The van der Waals surface area contributed by atoms with E-state index in [1.54, 1.807) is 18.2 Å². The number of amides is 1. The molecule has 0 aliphatic carbocycles. The molecule has 102 valence electrons. The van der Waals surface area contributed by atoms with Gasteiger partial charge in [0.1, 0.15) is 6.04 Å². The number of hydrogen-bond donors (Lipinski definition) is 1. The van der Waals surface area contributed by atoms with E-state index in [4.69, 9.17) is 11.6 Å². The Morgan fingerprint density at radius 3 is 2.79 bits per heavy atom. The number of hydrogen-bond acceptors (Lipinski definition) is 2. The molecule has 0 radical (unpaired) electrons. The second-order valence-electron chi connectivity index (χ2n) is 4.81. The Hall–Kier alpha value is -1.55. The van der Waals surface area contributed by atoms with Gasteiger partial charge < -0.3 is 10.0 Å². The zero-order valence-corrected chi connectivity index (χ0v) is 11.5. The van der Waals surface area contributed by atoms with Crippen LogP contribution in [0.5, 0.6) is 0 Å². The van der Waals surface area contributed by atoms with Crippen molar-refractivity contribution in [3.05, 3.63) is 34.3 Å². The van der Waals surface area contributed by atoms with E-state index in [1.807, 2.05) is 6.92 Å². The normalized spacial score (nSPS) is 19.3. The second-order valence-corrected chi connectivity index (χ2v) is 5.24. The topological polar surface area (TPSA) is 57.6 Å². The van der Waals surface area contributed by atoms with E-state index >= 15 is 0 Å². The molecule has 1 aliphatic rings. The first-order chi connectivity index (χ1) is 9.00. The lowest BCUT2D eigenvalue weighted by Gasteiger charge is -2.33. The van der Waals surface area contributed by atoms with E-state index in [-0.39, 0.29) is 5.91 Å². The molecule has 1 amide bonds. The van der Waals surface area contributed by atoms with Gasteiger partial charge in [0.25, 0.3) is 5.91 Å². The zero-order chi connectivity index (χ0) is 14.0. The first-order valence-electron chi connectivity index (χ1n) is 6.30. The summed E-state index contributed by atoms with van der Waals surface area (Å²) in [5.41, 5.74) is 1.30. The first kappa shape index (κ1) is 13.9. The molecule has 2 rings (SSSR count). The van der Waals surface area contributed by atoms with Crippen molar-refractivity contribution in [3.8, 4) is 0 Å². The number of aliphatic carboxylic acids is 1. The van der Waals surface area contributed by atoms with Gasteiger partial charge in [-0.3, -0.25) is 4.79 Å². The molecule has 19 heavy (non-hydrogen) atoms. The van der Waals surface area contributed by atoms with Crippen molar-refractivity contribution in [2.45, 2.75) is 32.2 Å². The number of halogens is 1. The van der Waals surface area contributed by atoms with Gasteiger partial charge in [0.05, 0.1) is 0 Å². The maximum Gasteiger partial charge on any atom is 0.326 e. The molecule has 0 aromatic heterocycles. The molecule has 1 N–H and O–H groups in total. The summed E-state index contributed by atoms with van der Waals surface area (Å²) in [5, 5.41) is 9.69. The molecule has 0 bridgehead atoms. The maximum atomic E-state index is 12.5. The lowest BCUT2D eigenvalue weighted by atomic mass is 9.99. The molecule has 1 aromatic rings. The van der Waals surface area contributed by atoms with Crippen molar-refractivity contribution < 1.29 is 14.7 Å². The smallest absolute Gasteiger partial charge is 0.326 e. The van der Waals surface area contributed by atoms with Gasteiger partial charge in [-0.15, -0.1) is 0 Å². The summed E-state index contributed by atoms with van der Waals surface area (Å²) in [7, 11) is 0. The summed E-state index contributed by atoms with van der Waals surface area (Å²) in [6, 6.07) is 4.38. The summed E-state index contributed by atoms with van der Waals surface area (Å²) in [4.78, 5) is 25.2. The third-order valence-corrected chi connectivity index (χ3v) is 3.71. The molecule has 0 unspecified atom stereocenters. The summed E-state index contributed by atoms with van der Waals surface area (Å²) in [6.45, 7) is 2.31.